The number of benzene rings is 1. The van der Waals surface area contributed by atoms with Gasteiger partial charge in [-0.05, 0) is 30.7 Å². The quantitative estimate of drug-likeness (QED) is 0.814. The predicted molar refractivity (Wildman–Crippen MR) is 90.8 cm³/mol. The molecule has 0 radical (unpaired) electrons. The molecule has 1 aliphatic rings. The highest BCUT2D eigenvalue weighted by Gasteiger charge is 2.29. The Morgan fingerprint density at radius 1 is 1.25 bits per heavy atom. The lowest BCUT2D eigenvalue weighted by molar-refractivity contribution is -0.129. The Hall–Kier alpha value is -1.79. The standard InChI is InChI=1S/C17H18ClNO4S/c18-14-4-1-2-6-16(14)24(21,22)11-8-17(20)19-9-7-13(12-19)15-5-3-10-23-15/h1-6,10,13H,7-9,11-12H2. The van der Waals surface area contributed by atoms with Gasteiger partial charge in [0.05, 0.1) is 21.9 Å². The molecule has 7 heteroatoms. The Morgan fingerprint density at radius 2 is 2.04 bits per heavy atom. The van der Waals surface area contributed by atoms with Crippen molar-refractivity contribution in [1.82, 2.24) is 4.90 Å². The van der Waals surface area contributed by atoms with Gasteiger partial charge in [0, 0.05) is 25.4 Å². The summed E-state index contributed by atoms with van der Waals surface area (Å²) < 4.78 is 30.1. The molecule has 2 heterocycles. The Labute approximate surface area is 146 Å². The van der Waals surface area contributed by atoms with E-state index in [-0.39, 0.29) is 33.9 Å². The predicted octanol–water partition coefficient (Wildman–Crippen LogP) is 3.11. The molecule has 3 rings (SSSR count). The van der Waals surface area contributed by atoms with E-state index in [1.165, 1.54) is 12.1 Å². The normalized spacial score (nSPS) is 18.0. The van der Waals surface area contributed by atoms with E-state index in [1.807, 2.05) is 12.1 Å². The summed E-state index contributed by atoms with van der Waals surface area (Å²) in [5.41, 5.74) is 0. The average molecular weight is 368 g/mol. The van der Waals surface area contributed by atoms with Crippen molar-refractivity contribution in [3.8, 4) is 0 Å². The largest absolute Gasteiger partial charge is 0.469 e. The smallest absolute Gasteiger partial charge is 0.223 e. The molecule has 1 unspecified atom stereocenters. The monoisotopic (exact) mass is 367 g/mol. The van der Waals surface area contributed by atoms with E-state index < -0.39 is 9.84 Å². The summed E-state index contributed by atoms with van der Waals surface area (Å²) in [4.78, 5) is 14.1. The van der Waals surface area contributed by atoms with Crippen molar-refractivity contribution < 1.29 is 17.6 Å². The summed E-state index contributed by atoms with van der Waals surface area (Å²) >= 11 is 5.94. The third-order valence-electron chi connectivity index (χ3n) is 4.24. The first-order valence-corrected chi connectivity index (χ1v) is 9.79. The van der Waals surface area contributed by atoms with Crippen molar-refractivity contribution in [1.29, 1.82) is 0 Å². The minimum atomic E-state index is -3.57. The number of carbonyl (C=O) groups excluding carboxylic acids is 1. The van der Waals surface area contributed by atoms with Crippen LogP contribution in [0, 0.1) is 0 Å². The minimum absolute atomic E-state index is 0.0432. The summed E-state index contributed by atoms with van der Waals surface area (Å²) in [6, 6.07) is 10.0. The van der Waals surface area contributed by atoms with E-state index in [1.54, 1.807) is 23.3 Å². The lowest BCUT2D eigenvalue weighted by atomic mass is 10.1. The molecule has 1 amide bonds. The fourth-order valence-corrected chi connectivity index (χ4v) is 4.73. The van der Waals surface area contributed by atoms with Gasteiger partial charge in [-0.15, -0.1) is 0 Å². The first-order chi connectivity index (χ1) is 11.5. The summed E-state index contributed by atoms with van der Waals surface area (Å²) in [5.74, 6) is 0.662. The van der Waals surface area contributed by atoms with Gasteiger partial charge in [0.2, 0.25) is 5.91 Å². The Bertz CT molecular complexity index is 817. The molecule has 1 aromatic heterocycles. The first kappa shape index (κ1) is 17.0. The van der Waals surface area contributed by atoms with Gasteiger partial charge < -0.3 is 9.32 Å². The number of hydrogen-bond acceptors (Lipinski definition) is 4. The van der Waals surface area contributed by atoms with Crippen LogP contribution in [0.4, 0.5) is 0 Å². The minimum Gasteiger partial charge on any atom is -0.469 e. The molecule has 1 aromatic carbocycles. The van der Waals surface area contributed by atoms with Gasteiger partial charge >= 0.3 is 0 Å². The fourth-order valence-electron chi connectivity index (χ4n) is 2.93. The lowest BCUT2D eigenvalue weighted by Crippen LogP contribution is -2.30. The summed E-state index contributed by atoms with van der Waals surface area (Å²) in [5, 5.41) is 0.184. The molecule has 0 spiro atoms. The SMILES string of the molecule is O=C(CCS(=O)(=O)c1ccccc1Cl)N1CCC(c2ccco2)C1. The molecule has 5 nitrogen and oxygen atoms in total. The van der Waals surface area contributed by atoms with Gasteiger partial charge in [-0.25, -0.2) is 8.42 Å². The second kappa shape index (κ2) is 6.99. The molecular weight excluding hydrogens is 350 g/mol. The molecule has 128 valence electrons. The summed E-state index contributed by atoms with van der Waals surface area (Å²) in [6.07, 6.45) is 2.41. The van der Waals surface area contributed by atoms with Crippen LogP contribution in [0.5, 0.6) is 0 Å². The topological polar surface area (TPSA) is 67.6 Å². The number of hydrogen-bond donors (Lipinski definition) is 0. The van der Waals surface area contributed by atoms with Gasteiger partial charge in [0.15, 0.2) is 9.84 Å². The number of halogens is 1. The zero-order chi connectivity index (χ0) is 17.2. The molecule has 0 bridgehead atoms. The third-order valence-corrected chi connectivity index (χ3v) is 6.45. The average Bonchev–Trinajstić information content (AvgIpc) is 3.23. The highest BCUT2D eigenvalue weighted by atomic mass is 35.5. The van der Waals surface area contributed by atoms with E-state index in [9.17, 15) is 13.2 Å². The lowest BCUT2D eigenvalue weighted by Gasteiger charge is -2.16. The highest BCUT2D eigenvalue weighted by Crippen LogP contribution is 2.28. The maximum atomic E-state index is 12.4. The molecule has 24 heavy (non-hydrogen) atoms. The van der Waals surface area contributed by atoms with Crippen LogP contribution in [0.2, 0.25) is 5.02 Å². The molecule has 1 aliphatic heterocycles. The van der Waals surface area contributed by atoms with Gasteiger partial charge in [0.1, 0.15) is 5.76 Å². The van der Waals surface area contributed by atoms with Crippen molar-refractivity contribution in [3.05, 3.63) is 53.4 Å². The van der Waals surface area contributed by atoms with Crippen LogP contribution in [-0.2, 0) is 14.6 Å². The van der Waals surface area contributed by atoms with Crippen molar-refractivity contribution in [2.45, 2.75) is 23.7 Å². The number of rotatable bonds is 5. The Balaban J connectivity index is 1.59. The zero-order valence-corrected chi connectivity index (χ0v) is 14.6. The van der Waals surface area contributed by atoms with Crippen LogP contribution >= 0.6 is 11.6 Å². The zero-order valence-electron chi connectivity index (χ0n) is 13.0. The first-order valence-electron chi connectivity index (χ1n) is 7.76. The van der Waals surface area contributed by atoms with Crippen LogP contribution < -0.4 is 0 Å². The second-order valence-electron chi connectivity index (χ2n) is 5.84. The molecule has 2 aromatic rings. The maximum Gasteiger partial charge on any atom is 0.223 e. The Morgan fingerprint density at radius 3 is 2.75 bits per heavy atom. The molecule has 1 atom stereocenters. The van der Waals surface area contributed by atoms with Gasteiger partial charge in [-0.1, -0.05) is 23.7 Å². The van der Waals surface area contributed by atoms with E-state index in [2.05, 4.69) is 0 Å². The van der Waals surface area contributed by atoms with Crippen molar-refractivity contribution >= 4 is 27.3 Å². The van der Waals surface area contributed by atoms with Crippen LogP contribution in [0.15, 0.2) is 52.0 Å². The van der Waals surface area contributed by atoms with E-state index >= 15 is 0 Å². The van der Waals surface area contributed by atoms with Crippen molar-refractivity contribution in [3.63, 3.8) is 0 Å². The van der Waals surface area contributed by atoms with E-state index in [0.29, 0.717) is 13.1 Å². The maximum absolute atomic E-state index is 12.4. The fraction of sp³-hybridized carbons (Fsp3) is 0.353. The van der Waals surface area contributed by atoms with Gasteiger partial charge in [-0.2, -0.15) is 0 Å². The molecule has 0 N–H and O–H groups in total. The van der Waals surface area contributed by atoms with E-state index in [4.69, 9.17) is 16.0 Å². The number of amides is 1. The molecule has 1 saturated heterocycles. The summed E-state index contributed by atoms with van der Waals surface area (Å²) in [7, 11) is -3.57. The Kier molecular flexibility index (Phi) is 4.96. The summed E-state index contributed by atoms with van der Waals surface area (Å²) in [6.45, 7) is 1.19. The number of carbonyl (C=O) groups is 1. The van der Waals surface area contributed by atoms with Gasteiger partial charge in [-0.3, -0.25) is 4.79 Å². The second-order valence-corrected chi connectivity index (χ2v) is 8.32. The highest BCUT2D eigenvalue weighted by molar-refractivity contribution is 7.91. The number of furan rings is 1. The van der Waals surface area contributed by atoms with E-state index in [0.717, 1.165) is 12.2 Å². The van der Waals surface area contributed by atoms with Gasteiger partial charge in [0.25, 0.3) is 0 Å². The van der Waals surface area contributed by atoms with Crippen LogP contribution in [-0.4, -0.2) is 38.1 Å². The number of likely N-dealkylation sites (tertiary alicyclic amines) is 1. The van der Waals surface area contributed by atoms with Crippen LogP contribution in [0.25, 0.3) is 0 Å². The molecule has 0 aliphatic carbocycles. The van der Waals surface area contributed by atoms with Crippen molar-refractivity contribution in [2.75, 3.05) is 18.8 Å². The van der Waals surface area contributed by atoms with Crippen LogP contribution in [0.3, 0.4) is 0 Å². The molecule has 1 fully saturated rings. The number of nitrogens with zero attached hydrogens (tertiary/aromatic N) is 1. The van der Waals surface area contributed by atoms with Crippen LogP contribution in [0.1, 0.15) is 24.5 Å². The molecule has 0 saturated carbocycles. The third kappa shape index (κ3) is 3.65. The molecular formula is C17H18ClNO4S. The number of sulfone groups is 1. The van der Waals surface area contributed by atoms with Crippen molar-refractivity contribution in [2.24, 2.45) is 0 Å².